The molecular weight excluding hydrogens is 174 g/mol. The summed E-state index contributed by atoms with van der Waals surface area (Å²) in [6.07, 6.45) is 5.74. The molecule has 1 aliphatic rings. The SMILES string of the molecule is CCNC(CC)CC1CC(OCC)C1. The van der Waals surface area contributed by atoms with E-state index in [9.17, 15) is 0 Å². The first-order chi connectivity index (χ1) is 6.80. The molecule has 2 nitrogen and oxygen atoms in total. The smallest absolute Gasteiger partial charge is 0.0580 e. The minimum absolute atomic E-state index is 0.573. The van der Waals surface area contributed by atoms with Crippen LogP contribution in [-0.2, 0) is 4.74 Å². The number of rotatable bonds is 7. The molecule has 14 heavy (non-hydrogen) atoms. The highest BCUT2D eigenvalue weighted by Crippen LogP contribution is 2.33. The zero-order valence-electron chi connectivity index (χ0n) is 9.88. The van der Waals surface area contributed by atoms with Crippen molar-refractivity contribution in [1.29, 1.82) is 0 Å². The summed E-state index contributed by atoms with van der Waals surface area (Å²) < 4.78 is 5.56. The van der Waals surface area contributed by atoms with Gasteiger partial charge in [0, 0.05) is 12.6 Å². The summed E-state index contributed by atoms with van der Waals surface area (Å²) in [5, 5.41) is 3.54. The average molecular weight is 199 g/mol. The topological polar surface area (TPSA) is 21.3 Å². The zero-order chi connectivity index (χ0) is 10.4. The van der Waals surface area contributed by atoms with Crippen molar-refractivity contribution in [2.24, 2.45) is 5.92 Å². The lowest BCUT2D eigenvalue weighted by Gasteiger charge is -2.37. The van der Waals surface area contributed by atoms with Crippen LogP contribution in [-0.4, -0.2) is 25.3 Å². The highest BCUT2D eigenvalue weighted by molar-refractivity contribution is 4.83. The summed E-state index contributed by atoms with van der Waals surface area (Å²) in [4.78, 5) is 0. The maximum atomic E-state index is 5.56. The highest BCUT2D eigenvalue weighted by atomic mass is 16.5. The van der Waals surface area contributed by atoms with E-state index < -0.39 is 0 Å². The largest absolute Gasteiger partial charge is 0.378 e. The monoisotopic (exact) mass is 199 g/mol. The van der Waals surface area contributed by atoms with Crippen molar-refractivity contribution in [2.45, 2.75) is 58.6 Å². The Morgan fingerprint density at radius 2 is 2.00 bits per heavy atom. The summed E-state index contributed by atoms with van der Waals surface area (Å²) in [7, 11) is 0. The highest BCUT2D eigenvalue weighted by Gasteiger charge is 2.30. The lowest BCUT2D eigenvalue weighted by molar-refractivity contribution is -0.0290. The van der Waals surface area contributed by atoms with E-state index in [1.54, 1.807) is 0 Å². The molecule has 0 spiro atoms. The number of ether oxygens (including phenoxy) is 1. The van der Waals surface area contributed by atoms with Gasteiger partial charge in [-0.1, -0.05) is 13.8 Å². The molecule has 0 bridgehead atoms. The van der Waals surface area contributed by atoms with Crippen molar-refractivity contribution < 1.29 is 4.74 Å². The van der Waals surface area contributed by atoms with E-state index in [0.717, 1.165) is 25.1 Å². The maximum absolute atomic E-state index is 5.56. The minimum Gasteiger partial charge on any atom is -0.378 e. The van der Waals surface area contributed by atoms with Crippen LogP contribution >= 0.6 is 0 Å². The summed E-state index contributed by atoms with van der Waals surface area (Å²) >= 11 is 0. The molecule has 0 aliphatic heterocycles. The van der Waals surface area contributed by atoms with Crippen molar-refractivity contribution in [2.75, 3.05) is 13.2 Å². The van der Waals surface area contributed by atoms with Crippen LogP contribution in [0.3, 0.4) is 0 Å². The van der Waals surface area contributed by atoms with Gasteiger partial charge in [0.1, 0.15) is 0 Å². The molecule has 1 atom stereocenters. The first-order valence-corrected chi connectivity index (χ1v) is 6.15. The van der Waals surface area contributed by atoms with Crippen molar-refractivity contribution >= 4 is 0 Å². The van der Waals surface area contributed by atoms with E-state index in [1.807, 2.05) is 0 Å². The minimum atomic E-state index is 0.573. The summed E-state index contributed by atoms with van der Waals surface area (Å²) in [5.74, 6) is 0.913. The first kappa shape index (κ1) is 12.0. The fourth-order valence-electron chi connectivity index (χ4n) is 2.32. The van der Waals surface area contributed by atoms with Gasteiger partial charge in [-0.2, -0.15) is 0 Å². The molecule has 1 unspecified atom stereocenters. The van der Waals surface area contributed by atoms with Crippen LogP contribution in [0.15, 0.2) is 0 Å². The Bertz CT molecular complexity index is 143. The number of nitrogens with one attached hydrogen (secondary N) is 1. The molecule has 2 heteroatoms. The fraction of sp³-hybridized carbons (Fsp3) is 1.00. The van der Waals surface area contributed by atoms with Crippen LogP contribution in [0.1, 0.15) is 46.5 Å². The average Bonchev–Trinajstić information content (AvgIpc) is 2.13. The molecule has 0 aromatic rings. The van der Waals surface area contributed by atoms with Gasteiger partial charge in [0.25, 0.3) is 0 Å². The third-order valence-electron chi connectivity index (χ3n) is 3.20. The van der Waals surface area contributed by atoms with Crippen LogP contribution in [0, 0.1) is 5.92 Å². The predicted octanol–water partition coefficient (Wildman–Crippen LogP) is 2.58. The summed E-state index contributed by atoms with van der Waals surface area (Å²) in [5.41, 5.74) is 0. The second kappa shape index (κ2) is 6.41. The van der Waals surface area contributed by atoms with Crippen LogP contribution < -0.4 is 5.32 Å². The summed E-state index contributed by atoms with van der Waals surface area (Å²) in [6, 6.07) is 0.729. The molecule has 84 valence electrons. The quantitative estimate of drug-likeness (QED) is 0.680. The molecule has 1 saturated carbocycles. The van der Waals surface area contributed by atoms with Gasteiger partial charge in [0.2, 0.25) is 0 Å². The van der Waals surface area contributed by atoms with Gasteiger partial charge in [0.05, 0.1) is 6.10 Å². The van der Waals surface area contributed by atoms with Crippen molar-refractivity contribution in [3.05, 3.63) is 0 Å². The van der Waals surface area contributed by atoms with Crippen LogP contribution in [0.5, 0.6) is 0 Å². The van der Waals surface area contributed by atoms with Crippen LogP contribution in [0.25, 0.3) is 0 Å². The van der Waals surface area contributed by atoms with E-state index in [4.69, 9.17) is 4.74 Å². The van der Waals surface area contributed by atoms with Gasteiger partial charge in [-0.25, -0.2) is 0 Å². The molecule has 0 radical (unpaired) electrons. The van der Waals surface area contributed by atoms with E-state index in [0.29, 0.717) is 6.10 Å². The fourth-order valence-corrected chi connectivity index (χ4v) is 2.32. The van der Waals surface area contributed by atoms with Crippen molar-refractivity contribution in [3.8, 4) is 0 Å². The first-order valence-electron chi connectivity index (χ1n) is 6.15. The van der Waals surface area contributed by atoms with Crippen LogP contribution in [0.4, 0.5) is 0 Å². The van der Waals surface area contributed by atoms with E-state index in [-0.39, 0.29) is 0 Å². The molecule has 0 aromatic heterocycles. The molecular formula is C12H25NO. The van der Waals surface area contributed by atoms with Gasteiger partial charge in [-0.3, -0.25) is 0 Å². The van der Waals surface area contributed by atoms with Crippen molar-refractivity contribution in [3.63, 3.8) is 0 Å². The van der Waals surface area contributed by atoms with Gasteiger partial charge in [0.15, 0.2) is 0 Å². The van der Waals surface area contributed by atoms with Gasteiger partial charge in [-0.15, -0.1) is 0 Å². The Kier molecular flexibility index (Phi) is 5.49. The Morgan fingerprint density at radius 1 is 1.29 bits per heavy atom. The molecule has 0 saturated heterocycles. The molecule has 0 aromatic carbocycles. The second-order valence-electron chi connectivity index (χ2n) is 4.31. The van der Waals surface area contributed by atoms with Crippen LogP contribution in [0.2, 0.25) is 0 Å². The normalized spacial score (nSPS) is 28.5. The van der Waals surface area contributed by atoms with Gasteiger partial charge in [-0.05, 0) is 45.1 Å². The molecule has 1 fully saturated rings. The van der Waals surface area contributed by atoms with Gasteiger partial charge >= 0.3 is 0 Å². The Balaban J connectivity index is 2.08. The Hall–Kier alpha value is -0.0800. The predicted molar refractivity (Wildman–Crippen MR) is 60.5 cm³/mol. The maximum Gasteiger partial charge on any atom is 0.0580 e. The molecule has 0 amide bonds. The third kappa shape index (κ3) is 3.58. The van der Waals surface area contributed by atoms with E-state index >= 15 is 0 Å². The second-order valence-corrected chi connectivity index (χ2v) is 4.31. The molecule has 1 N–H and O–H groups in total. The number of hydrogen-bond donors (Lipinski definition) is 1. The Morgan fingerprint density at radius 3 is 2.50 bits per heavy atom. The lowest BCUT2D eigenvalue weighted by atomic mass is 9.78. The van der Waals surface area contributed by atoms with E-state index in [1.165, 1.54) is 25.7 Å². The standard InChI is InChI=1S/C12H25NO/c1-4-11(13-5-2)7-10-8-12(9-10)14-6-3/h10-13H,4-9H2,1-3H3. The molecule has 0 heterocycles. The molecule has 1 rings (SSSR count). The Labute approximate surface area is 88.4 Å². The van der Waals surface area contributed by atoms with E-state index in [2.05, 4.69) is 26.1 Å². The molecule has 1 aliphatic carbocycles. The third-order valence-corrected chi connectivity index (χ3v) is 3.20. The summed E-state index contributed by atoms with van der Waals surface area (Å²) in [6.45, 7) is 8.52. The number of hydrogen-bond acceptors (Lipinski definition) is 2. The lowest BCUT2D eigenvalue weighted by Crippen LogP contribution is -2.37. The zero-order valence-corrected chi connectivity index (χ0v) is 9.88. The van der Waals surface area contributed by atoms with Gasteiger partial charge < -0.3 is 10.1 Å². The van der Waals surface area contributed by atoms with Crippen molar-refractivity contribution in [1.82, 2.24) is 5.32 Å².